The molecule has 4 rings (SSSR count). The van der Waals surface area contributed by atoms with Crippen LogP contribution in [0.5, 0.6) is 0 Å². The van der Waals surface area contributed by atoms with E-state index in [9.17, 15) is 14.4 Å². The predicted molar refractivity (Wildman–Crippen MR) is 98.8 cm³/mol. The lowest BCUT2D eigenvalue weighted by atomic mass is 10.1. The molecule has 0 unspecified atom stereocenters. The maximum atomic E-state index is 12.3. The summed E-state index contributed by atoms with van der Waals surface area (Å²) >= 11 is 6.12. The van der Waals surface area contributed by atoms with E-state index in [0.29, 0.717) is 11.1 Å². The van der Waals surface area contributed by atoms with Crippen LogP contribution >= 0.6 is 11.6 Å². The van der Waals surface area contributed by atoms with Gasteiger partial charge in [-0.25, -0.2) is 9.78 Å². The lowest BCUT2D eigenvalue weighted by Crippen LogP contribution is -2.33. The zero-order valence-corrected chi connectivity index (χ0v) is 14.8. The number of carbonyl (C=O) groups excluding carboxylic acids is 3. The number of hydrogen-bond donors (Lipinski definition) is 0. The van der Waals surface area contributed by atoms with Crippen LogP contribution in [-0.2, 0) is 4.74 Å². The Kier molecular flexibility index (Phi) is 4.33. The third-order valence-electron chi connectivity index (χ3n) is 4.33. The van der Waals surface area contributed by atoms with Gasteiger partial charge in [-0.1, -0.05) is 48.0 Å². The molecule has 0 saturated carbocycles. The van der Waals surface area contributed by atoms with Crippen molar-refractivity contribution in [3.05, 3.63) is 76.6 Å². The summed E-state index contributed by atoms with van der Waals surface area (Å²) in [6.07, 6.45) is 0. The van der Waals surface area contributed by atoms with Crippen molar-refractivity contribution in [3.63, 3.8) is 0 Å². The maximum absolute atomic E-state index is 12.3. The molecular formula is C20H13ClN2O4. The summed E-state index contributed by atoms with van der Waals surface area (Å²) in [7, 11) is 0. The van der Waals surface area contributed by atoms with Gasteiger partial charge in [-0.3, -0.25) is 14.5 Å². The lowest BCUT2D eigenvalue weighted by Gasteiger charge is -2.13. The standard InChI is InChI=1S/C20H13ClN2O4/c21-17-13-6-2-1-5-12(13)11-16(22-17)20(26)27-10-9-23-18(24)14-7-3-4-8-15(14)19(23)25/h1-8,11H,9-10H2. The van der Waals surface area contributed by atoms with E-state index in [1.54, 1.807) is 30.3 Å². The van der Waals surface area contributed by atoms with Gasteiger partial charge in [0.25, 0.3) is 11.8 Å². The maximum Gasteiger partial charge on any atom is 0.357 e. The zero-order valence-electron chi connectivity index (χ0n) is 14.0. The first-order chi connectivity index (χ1) is 13.1. The van der Waals surface area contributed by atoms with Crippen LogP contribution in [0, 0.1) is 0 Å². The summed E-state index contributed by atoms with van der Waals surface area (Å²) in [6, 6.07) is 15.5. The highest BCUT2D eigenvalue weighted by atomic mass is 35.5. The molecule has 2 aromatic carbocycles. The smallest absolute Gasteiger partial charge is 0.357 e. The third-order valence-corrected chi connectivity index (χ3v) is 4.62. The van der Waals surface area contributed by atoms with E-state index < -0.39 is 17.8 Å². The van der Waals surface area contributed by atoms with Gasteiger partial charge < -0.3 is 4.74 Å². The van der Waals surface area contributed by atoms with Gasteiger partial charge in [0.05, 0.1) is 17.7 Å². The molecule has 7 heteroatoms. The first-order valence-electron chi connectivity index (χ1n) is 8.24. The molecular weight excluding hydrogens is 368 g/mol. The average Bonchev–Trinajstić information content (AvgIpc) is 2.93. The van der Waals surface area contributed by atoms with Crippen LogP contribution in [0.25, 0.3) is 10.8 Å². The highest BCUT2D eigenvalue weighted by Gasteiger charge is 2.34. The Labute approximate surface area is 159 Å². The molecule has 1 aliphatic rings. The number of nitrogens with zero attached hydrogens (tertiary/aromatic N) is 2. The molecule has 0 N–H and O–H groups in total. The monoisotopic (exact) mass is 380 g/mol. The van der Waals surface area contributed by atoms with Crippen LogP contribution < -0.4 is 0 Å². The Balaban J connectivity index is 1.44. The normalized spacial score (nSPS) is 13.1. The van der Waals surface area contributed by atoms with Crippen molar-refractivity contribution in [2.24, 2.45) is 0 Å². The number of fused-ring (bicyclic) bond motifs is 2. The molecule has 1 aliphatic heterocycles. The number of carbonyl (C=O) groups is 3. The highest BCUT2D eigenvalue weighted by molar-refractivity contribution is 6.34. The van der Waals surface area contributed by atoms with Crippen molar-refractivity contribution >= 4 is 40.2 Å². The van der Waals surface area contributed by atoms with E-state index in [2.05, 4.69) is 4.98 Å². The molecule has 0 spiro atoms. The topological polar surface area (TPSA) is 76.6 Å². The number of amides is 2. The molecule has 0 atom stereocenters. The Hall–Kier alpha value is -3.25. The Morgan fingerprint density at radius 2 is 1.63 bits per heavy atom. The minimum Gasteiger partial charge on any atom is -0.459 e. The second-order valence-electron chi connectivity index (χ2n) is 5.96. The van der Waals surface area contributed by atoms with E-state index in [4.69, 9.17) is 16.3 Å². The molecule has 0 saturated heterocycles. The van der Waals surface area contributed by atoms with Crippen molar-refractivity contribution < 1.29 is 19.1 Å². The number of ether oxygens (including phenoxy) is 1. The highest BCUT2D eigenvalue weighted by Crippen LogP contribution is 2.23. The van der Waals surface area contributed by atoms with Crippen LogP contribution in [-0.4, -0.2) is 40.8 Å². The van der Waals surface area contributed by atoms with E-state index in [1.807, 2.05) is 24.3 Å². The quantitative estimate of drug-likeness (QED) is 0.394. The Morgan fingerprint density at radius 3 is 2.33 bits per heavy atom. The predicted octanol–water partition coefficient (Wildman–Crippen LogP) is 3.34. The molecule has 0 fully saturated rings. The van der Waals surface area contributed by atoms with Crippen molar-refractivity contribution in [3.8, 4) is 0 Å². The summed E-state index contributed by atoms with van der Waals surface area (Å²) < 4.78 is 5.18. The third kappa shape index (κ3) is 3.04. The van der Waals surface area contributed by atoms with Crippen LogP contribution in [0.3, 0.4) is 0 Å². The molecule has 0 radical (unpaired) electrons. The SMILES string of the molecule is O=C(OCCN1C(=O)c2ccccc2C1=O)c1cc2ccccc2c(Cl)n1. The van der Waals surface area contributed by atoms with Gasteiger partial charge in [0, 0.05) is 5.39 Å². The number of halogens is 1. The van der Waals surface area contributed by atoms with Crippen LogP contribution in [0.4, 0.5) is 0 Å². The van der Waals surface area contributed by atoms with Crippen molar-refractivity contribution in [2.75, 3.05) is 13.2 Å². The van der Waals surface area contributed by atoms with E-state index in [1.165, 1.54) is 0 Å². The van der Waals surface area contributed by atoms with Gasteiger partial charge in [0.15, 0.2) is 5.69 Å². The molecule has 6 nitrogen and oxygen atoms in total. The number of pyridine rings is 1. The van der Waals surface area contributed by atoms with Crippen molar-refractivity contribution in [1.82, 2.24) is 9.88 Å². The van der Waals surface area contributed by atoms with E-state index in [-0.39, 0.29) is 24.0 Å². The fourth-order valence-corrected chi connectivity index (χ4v) is 3.27. The summed E-state index contributed by atoms with van der Waals surface area (Å²) in [5.41, 5.74) is 0.787. The van der Waals surface area contributed by atoms with Gasteiger partial charge in [0.2, 0.25) is 0 Å². The number of hydrogen-bond acceptors (Lipinski definition) is 5. The van der Waals surface area contributed by atoms with Crippen LogP contribution in [0.2, 0.25) is 5.15 Å². The second-order valence-corrected chi connectivity index (χ2v) is 6.32. The van der Waals surface area contributed by atoms with Gasteiger partial charge in [-0.15, -0.1) is 0 Å². The lowest BCUT2D eigenvalue weighted by molar-refractivity contribution is 0.0415. The fourth-order valence-electron chi connectivity index (χ4n) is 3.01. The number of aromatic nitrogens is 1. The van der Waals surface area contributed by atoms with Crippen LogP contribution in [0.15, 0.2) is 54.6 Å². The Bertz CT molecular complexity index is 1060. The summed E-state index contributed by atoms with van der Waals surface area (Å²) in [5, 5.41) is 1.71. The van der Waals surface area contributed by atoms with Gasteiger partial charge in [-0.2, -0.15) is 0 Å². The molecule has 2 amide bonds. The number of rotatable bonds is 4. The van der Waals surface area contributed by atoms with Crippen molar-refractivity contribution in [2.45, 2.75) is 0 Å². The first kappa shape index (κ1) is 17.2. The summed E-state index contributed by atoms with van der Waals surface area (Å²) in [5.74, 6) is -1.45. The minimum atomic E-state index is -0.667. The van der Waals surface area contributed by atoms with Gasteiger partial charge in [0.1, 0.15) is 11.8 Å². The second kappa shape index (κ2) is 6.81. The zero-order chi connectivity index (χ0) is 19.0. The first-order valence-corrected chi connectivity index (χ1v) is 8.61. The molecule has 3 aromatic rings. The fraction of sp³-hybridized carbons (Fsp3) is 0.100. The largest absolute Gasteiger partial charge is 0.459 e. The minimum absolute atomic E-state index is 0.0284. The van der Waals surface area contributed by atoms with Gasteiger partial charge in [-0.05, 0) is 23.6 Å². The summed E-state index contributed by atoms with van der Waals surface area (Å²) in [4.78, 5) is 41.9. The van der Waals surface area contributed by atoms with Crippen molar-refractivity contribution in [1.29, 1.82) is 0 Å². The molecule has 0 bridgehead atoms. The van der Waals surface area contributed by atoms with Crippen LogP contribution in [0.1, 0.15) is 31.2 Å². The molecule has 1 aromatic heterocycles. The number of esters is 1. The molecule has 2 heterocycles. The Morgan fingerprint density at radius 1 is 1.00 bits per heavy atom. The average molecular weight is 381 g/mol. The van der Waals surface area contributed by atoms with E-state index >= 15 is 0 Å². The number of imide groups is 1. The molecule has 0 aliphatic carbocycles. The molecule has 27 heavy (non-hydrogen) atoms. The molecule has 134 valence electrons. The van der Waals surface area contributed by atoms with Gasteiger partial charge >= 0.3 is 5.97 Å². The summed E-state index contributed by atoms with van der Waals surface area (Å²) in [6.45, 7) is -0.157. The number of benzene rings is 2. The van der Waals surface area contributed by atoms with E-state index in [0.717, 1.165) is 15.7 Å².